The van der Waals surface area contributed by atoms with Crippen LogP contribution in [0.15, 0.2) is 24.3 Å². The lowest BCUT2D eigenvalue weighted by Gasteiger charge is -2.09. The van der Waals surface area contributed by atoms with Crippen LogP contribution in [0.3, 0.4) is 0 Å². The summed E-state index contributed by atoms with van der Waals surface area (Å²) in [6.07, 6.45) is 0.852. The topological polar surface area (TPSA) is 46.2 Å². The standard InChI is InChI=1S/C14H19NOS/c1-12(8-10-16)17-11-14-6-4-13(5-7-14)3-2-9-15/h4-7,12,16H,8-11,15H2,1H3. The Bertz CT molecular complexity index is 377. The van der Waals surface area contributed by atoms with Gasteiger partial charge in [-0.3, -0.25) is 0 Å². The van der Waals surface area contributed by atoms with Crippen molar-refractivity contribution in [1.82, 2.24) is 0 Å². The molecule has 1 atom stereocenters. The maximum absolute atomic E-state index is 8.81. The molecule has 0 aliphatic carbocycles. The number of aliphatic hydroxyl groups is 1. The summed E-state index contributed by atoms with van der Waals surface area (Å²) in [4.78, 5) is 0. The van der Waals surface area contributed by atoms with E-state index in [1.165, 1.54) is 5.56 Å². The van der Waals surface area contributed by atoms with Gasteiger partial charge in [-0.2, -0.15) is 11.8 Å². The molecule has 3 N–H and O–H groups in total. The zero-order valence-corrected chi connectivity index (χ0v) is 11.0. The predicted molar refractivity (Wildman–Crippen MR) is 74.8 cm³/mol. The van der Waals surface area contributed by atoms with Gasteiger partial charge < -0.3 is 10.8 Å². The van der Waals surface area contributed by atoms with Gasteiger partial charge in [0.05, 0.1) is 6.54 Å². The number of hydrogen-bond acceptors (Lipinski definition) is 3. The Morgan fingerprint density at radius 2 is 2.06 bits per heavy atom. The molecule has 3 heteroatoms. The Labute approximate surface area is 108 Å². The van der Waals surface area contributed by atoms with Gasteiger partial charge in [-0.25, -0.2) is 0 Å². The minimum Gasteiger partial charge on any atom is -0.396 e. The summed E-state index contributed by atoms with van der Waals surface area (Å²) in [5.41, 5.74) is 7.62. The summed E-state index contributed by atoms with van der Waals surface area (Å²) in [5.74, 6) is 6.82. The van der Waals surface area contributed by atoms with E-state index in [-0.39, 0.29) is 6.61 Å². The van der Waals surface area contributed by atoms with Crippen LogP contribution in [0.2, 0.25) is 0 Å². The Morgan fingerprint density at radius 1 is 1.35 bits per heavy atom. The van der Waals surface area contributed by atoms with Crippen molar-refractivity contribution in [3.63, 3.8) is 0 Å². The molecule has 0 radical (unpaired) electrons. The van der Waals surface area contributed by atoms with E-state index in [0.29, 0.717) is 11.8 Å². The largest absolute Gasteiger partial charge is 0.396 e. The summed E-state index contributed by atoms with van der Waals surface area (Å²) in [5, 5.41) is 9.31. The fraction of sp³-hybridized carbons (Fsp3) is 0.429. The molecule has 0 aliphatic heterocycles. The molecular weight excluding hydrogens is 230 g/mol. The Morgan fingerprint density at radius 3 is 2.65 bits per heavy atom. The lowest BCUT2D eigenvalue weighted by atomic mass is 10.1. The van der Waals surface area contributed by atoms with Gasteiger partial charge in [-0.15, -0.1) is 0 Å². The minimum atomic E-state index is 0.266. The van der Waals surface area contributed by atoms with Crippen molar-refractivity contribution in [3.8, 4) is 11.8 Å². The first kappa shape index (κ1) is 14.1. The third-order valence-electron chi connectivity index (χ3n) is 2.36. The second kappa shape index (κ2) is 8.19. The zero-order chi connectivity index (χ0) is 12.5. The molecule has 2 nitrogen and oxygen atoms in total. The number of nitrogens with two attached hydrogens (primary N) is 1. The maximum Gasteiger partial charge on any atom is 0.0555 e. The Hall–Kier alpha value is -0.950. The molecule has 0 amide bonds. The quantitative estimate of drug-likeness (QED) is 0.785. The number of benzene rings is 1. The van der Waals surface area contributed by atoms with Crippen molar-refractivity contribution >= 4 is 11.8 Å². The fourth-order valence-electron chi connectivity index (χ4n) is 1.34. The molecule has 1 unspecified atom stereocenters. The van der Waals surface area contributed by atoms with E-state index < -0.39 is 0 Å². The first-order chi connectivity index (χ1) is 8.26. The van der Waals surface area contributed by atoms with E-state index in [1.807, 2.05) is 23.9 Å². The van der Waals surface area contributed by atoms with E-state index in [4.69, 9.17) is 10.8 Å². The normalized spacial score (nSPS) is 11.7. The molecule has 92 valence electrons. The zero-order valence-electron chi connectivity index (χ0n) is 10.1. The lowest BCUT2D eigenvalue weighted by molar-refractivity contribution is 0.289. The summed E-state index contributed by atoms with van der Waals surface area (Å²) in [6, 6.07) is 8.24. The molecule has 0 aromatic heterocycles. The summed E-state index contributed by atoms with van der Waals surface area (Å²) < 4.78 is 0. The molecule has 1 aromatic rings. The maximum atomic E-state index is 8.81. The summed E-state index contributed by atoms with van der Waals surface area (Å²) in [7, 11) is 0. The Kier molecular flexibility index (Phi) is 6.80. The highest BCUT2D eigenvalue weighted by atomic mass is 32.2. The molecule has 0 heterocycles. The van der Waals surface area contributed by atoms with E-state index in [0.717, 1.165) is 17.7 Å². The van der Waals surface area contributed by atoms with Crippen LogP contribution in [0.4, 0.5) is 0 Å². The van der Waals surface area contributed by atoms with Crippen LogP contribution in [0.5, 0.6) is 0 Å². The second-order valence-corrected chi connectivity index (χ2v) is 5.26. The fourth-order valence-corrected chi connectivity index (χ4v) is 2.28. The van der Waals surface area contributed by atoms with Gasteiger partial charge in [0.2, 0.25) is 0 Å². The molecule has 17 heavy (non-hydrogen) atoms. The summed E-state index contributed by atoms with van der Waals surface area (Å²) in [6.45, 7) is 2.81. The average Bonchev–Trinajstić information content (AvgIpc) is 2.35. The van der Waals surface area contributed by atoms with Gasteiger partial charge in [-0.05, 0) is 24.1 Å². The molecule has 0 spiro atoms. The molecule has 0 fully saturated rings. The Balaban J connectivity index is 2.45. The lowest BCUT2D eigenvalue weighted by Crippen LogP contribution is -1.99. The molecule has 0 aliphatic rings. The van der Waals surface area contributed by atoms with Crippen LogP contribution in [0.1, 0.15) is 24.5 Å². The first-order valence-electron chi connectivity index (χ1n) is 5.76. The molecule has 1 aromatic carbocycles. The number of hydrogen-bond donors (Lipinski definition) is 2. The monoisotopic (exact) mass is 249 g/mol. The minimum absolute atomic E-state index is 0.266. The number of thioether (sulfide) groups is 1. The van der Waals surface area contributed by atoms with Crippen molar-refractivity contribution in [2.75, 3.05) is 13.2 Å². The molecular formula is C14H19NOS. The van der Waals surface area contributed by atoms with Gasteiger partial charge >= 0.3 is 0 Å². The highest BCUT2D eigenvalue weighted by Gasteiger charge is 2.02. The van der Waals surface area contributed by atoms with Crippen LogP contribution in [-0.4, -0.2) is 23.5 Å². The molecule has 0 saturated heterocycles. The van der Waals surface area contributed by atoms with Gasteiger partial charge in [0.25, 0.3) is 0 Å². The van der Waals surface area contributed by atoms with Gasteiger partial charge in [-0.1, -0.05) is 30.9 Å². The van der Waals surface area contributed by atoms with Crippen LogP contribution < -0.4 is 5.73 Å². The van der Waals surface area contributed by atoms with E-state index in [1.54, 1.807) is 0 Å². The third-order valence-corrected chi connectivity index (χ3v) is 3.66. The van der Waals surface area contributed by atoms with Crippen LogP contribution in [0, 0.1) is 11.8 Å². The highest BCUT2D eigenvalue weighted by Crippen LogP contribution is 2.19. The third kappa shape index (κ3) is 5.78. The van der Waals surface area contributed by atoms with Crippen molar-refractivity contribution in [1.29, 1.82) is 0 Å². The molecule has 0 saturated carbocycles. The van der Waals surface area contributed by atoms with E-state index in [9.17, 15) is 0 Å². The van der Waals surface area contributed by atoms with E-state index >= 15 is 0 Å². The summed E-state index contributed by atoms with van der Waals surface area (Å²) >= 11 is 1.86. The van der Waals surface area contributed by atoms with Crippen LogP contribution in [0.25, 0.3) is 0 Å². The number of aliphatic hydroxyl groups excluding tert-OH is 1. The highest BCUT2D eigenvalue weighted by molar-refractivity contribution is 7.99. The molecule has 1 rings (SSSR count). The van der Waals surface area contributed by atoms with Crippen molar-refractivity contribution in [2.24, 2.45) is 5.73 Å². The predicted octanol–water partition coefficient (Wildman–Crippen LogP) is 2.00. The van der Waals surface area contributed by atoms with Crippen LogP contribution >= 0.6 is 11.8 Å². The van der Waals surface area contributed by atoms with Crippen molar-refractivity contribution < 1.29 is 5.11 Å². The van der Waals surface area contributed by atoms with E-state index in [2.05, 4.69) is 30.9 Å². The molecule has 0 bridgehead atoms. The van der Waals surface area contributed by atoms with Crippen LogP contribution in [-0.2, 0) is 5.75 Å². The van der Waals surface area contributed by atoms with Gasteiger partial charge in [0, 0.05) is 23.2 Å². The SMILES string of the molecule is CC(CCO)SCc1ccc(C#CCN)cc1. The van der Waals surface area contributed by atoms with Crippen molar-refractivity contribution in [3.05, 3.63) is 35.4 Å². The first-order valence-corrected chi connectivity index (χ1v) is 6.81. The second-order valence-electron chi connectivity index (χ2n) is 3.84. The van der Waals surface area contributed by atoms with Crippen molar-refractivity contribution in [2.45, 2.75) is 24.3 Å². The smallest absolute Gasteiger partial charge is 0.0555 e. The van der Waals surface area contributed by atoms with Gasteiger partial charge in [0.1, 0.15) is 0 Å². The number of rotatable bonds is 5. The van der Waals surface area contributed by atoms with Gasteiger partial charge in [0.15, 0.2) is 0 Å². The average molecular weight is 249 g/mol.